The van der Waals surface area contributed by atoms with E-state index in [1.807, 2.05) is 31.2 Å². The fourth-order valence-corrected chi connectivity index (χ4v) is 6.38. The second-order valence-corrected chi connectivity index (χ2v) is 11.8. The number of nitrogens with zero attached hydrogens (tertiary/aromatic N) is 1. The topological polar surface area (TPSA) is 121 Å². The molecular formula is C25H20NO7S2-. The van der Waals surface area contributed by atoms with Crippen molar-refractivity contribution in [1.29, 1.82) is 0 Å². The summed E-state index contributed by atoms with van der Waals surface area (Å²) in [5.41, 5.74) is 1.74. The SMILES string of the molecule is Cc1ccc2c(c1)N(CCCS(=O)(=O)[O-])/C(=C/C=C1/C(=O)c3c(ccc4ccccc34)S1(=O)=O)O2. The molecule has 0 saturated heterocycles. The first-order valence-electron chi connectivity index (χ1n) is 10.8. The van der Waals surface area contributed by atoms with Crippen molar-refractivity contribution >= 4 is 42.2 Å². The summed E-state index contributed by atoms with van der Waals surface area (Å²) in [5, 5.41) is 1.33. The summed E-state index contributed by atoms with van der Waals surface area (Å²) in [7, 11) is -8.42. The number of allylic oxidation sites excluding steroid dienone is 3. The molecule has 5 rings (SSSR count). The van der Waals surface area contributed by atoms with Crippen LogP contribution in [0.4, 0.5) is 5.69 Å². The molecule has 3 aromatic rings. The molecule has 0 fully saturated rings. The second-order valence-electron chi connectivity index (χ2n) is 8.37. The average molecular weight is 511 g/mol. The number of ether oxygens (including phenoxy) is 1. The van der Waals surface area contributed by atoms with E-state index in [1.165, 1.54) is 18.2 Å². The summed E-state index contributed by atoms with van der Waals surface area (Å²) in [6.07, 6.45) is 2.66. The van der Waals surface area contributed by atoms with E-state index in [1.54, 1.807) is 29.2 Å². The molecule has 0 amide bonds. The highest BCUT2D eigenvalue weighted by molar-refractivity contribution is 7.97. The largest absolute Gasteiger partial charge is 0.748 e. The molecule has 8 nitrogen and oxygen atoms in total. The van der Waals surface area contributed by atoms with Crippen molar-refractivity contribution in [2.75, 3.05) is 17.2 Å². The van der Waals surface area contributed by atoms with Gasteiger partial charge in [0.2, 0.25) is 21.5 Å². The van der Waals surface area contributed by atoms with E-state index in [0.29, 0.717) is 16.8 Å². The molecule has 0 saturated carbocycles. The maximum Gasteiger partial charge on any atom is 0.211 e. The van der Waals surface area contributed by atoms with Crippen LogP contribution in [0, 0.1) is 6.92 Å². The zero-order valence-corrected chi connectivity index (χ0v) is 20.2. The summed E-state index contributed by atoms with van der Waals surface area (Å²) in [5.74, 6) is -0.414. The van der Waals surface area contributed by atoms with Crippen molar-refractivity contribution in [2.45, 2.75) is 18.2 Å². The van der Waals surface area contributed by atoms with Gasteiger partial charge in [-0.15, -0.1) is 0 Å². The summed E-state index contributed by atoms with van der Waals surface area (Å²) in [6.45, 7) is 2.04. The van der Waals surface area contributed by atoms with E-state index in [-0.39, 0.29) is 34.2 Å². The summed E-state index contributed by atoms with van der Waals surface area (Å²) in [4.78, 5) is 14.5. The van der Waals surface area contributed by atoms with Crippen LogP contribution in [-0.2, 0) is 20.0 Å². The molecule has 35 heavy (non-hydrogen) atoms. The number of aryl methyl sites for hydroxylation is 1. The van der Waals surface area contributed by atoms with Crippen LogP contribution in [0.3, 0.4) is 0 Å². The minimum atomic E-state index is -4.39. The van der Waals surface area contributed by atoms with Crippen LogP contribution in [0.5, 0.6) is 5.75 Å². The van der Waals surface area contributed by atoms with Gasteiger partial charge in [0.1, 0.15) is 4.91 Å². The average Bonchev–Trinajstić information content (AvgIpc) is 3.23. The number of fused-ring (bicyclic) bond motifs is 4. The van der Waals surface area contributed by atoms with Crippen LogP contribution in [0.2, 0.25) is 0 Å². The van der Waals surface area contributed by atoms with Crippen molar-refractivity contribution in [3.05, 3.63) is 88.7 Å². The summed E-state index contributed by atoms with van der Waals surface area (Å²) >= 11 is 0. The van der Waals surface area contributed by atoms with Crippen molar-refractivity contribution in [3.63, 3.8) is 0 Å². The Morgan fingerprint density at radius 3 is 2.60 bits per heavy atom. The minimum Gasteiger partial charge on any atom is -0.748 e. The highest BCUT2D eigenvalue weighted by Crippen LogP contribution is 2.41. The number of carbonyl (C=O) groups excluding carboxylic acids is 1. The molecular weight excluding hydrogens is 490 g/mol. The highest BCUT2D eigenvalue weighted by atomic mass is 32.2. The van der Waals surface area contributed by atoms with Crippen LogP contribution in [0.1, 0.15) is 22.3 Å². The maximum atomic E-state index is 13.2. The van der Waals surface area contributed by atoms with Gasteiger partial charge in [0.25, 0.3) is 0 Å². The van der Waals surface area contributed by atoms with E-state index in [9.17, 15) is 26.2 Å². The molecule has 10 heteroatoms. The Morgan fingerprint density at radius 1 is 1.06 bits per heavy atom. The molecule has 0 atom stereocenters. The molecule has 0 aliphatic carbocycles. The molecule has 3 aromatic carbocycles. The van der Waals surface area contributed by atoms with Gasteiger partial charge in [-0.05, 0) is 54.0 Å². The van der Waals surface area contributed by atoms with Crippen LogP contribution < -0.4 is 9.64 Å². The lowest BCUT2D eigenvalue weighted by Gasteiger charge is -2.19. The number of rotatable bonds is 5. The lowest BCUT2D eigenvalue weighted by Crippen LogP contribution is -2.23. The number of Topliss-reactive ketones (excluding diaryl/α,β-unsaturated/α-hetero) is 1. The molecule has 0 unspecified atom stereocenters. The number of carbonyl (C=O) groups is 1. The minimum absolute atomic E-state index is 0.0328. The van der Waals surface area contributed by atoms with Crippen LogP contribution in [-0.4, -0.2) is 39.5 Å². The third kappa shape index (κ3) is 4.13. The molecule has 0 aromatic heterocycles. The highest BCUT2D eigenvalue weighted by Gasteiger charge is 2.40. The molecule has 0 bridgehead atoms. The van der Waals surface area contributed by atoms with Gasteiger partial charge in [-0.1, -0.05) is 36.4 Å². The predicted molar refractivity (Wildman–Crippen MR) is 130 cm³/mol. The number of ketones is 1. The molecule has 2 aliphatic heterocycles. The van der Waals surface area contributed by atoms with E-state index in [4.69, 9.17) is 4.74 Å². The van der Waals surface area contributed by atoms with E-state index in [2.05, 4.69) is 0 Å². The van der Waals surface area contributed by atoms with Gasteiger partial charge in [0.15, 0.2) is 5.75 Å². The monoisotopic (exact) mass is 510 g/mol. The Hall–Kier alpha value is -3.47. The van der Waals surface area contributed by atoms with E-state index < -0.39 is 31.5 Å². The number of hydrogen-bond donors (Lipinski definition) is 0. The Labute approximate surface area is 202 Å². The molecule has 2 aliphatic rings. The fourth-order valence-electron chi connectivity index (χ4n) is 4.35. The first kappa shape index (κ1) is 23.3. The fraction of sp³-hybridized carbons (Fsp3) is 0.160. The molecule has 0 N–H and O–H groups in total. The van der Waals surface area contributed by atoms with Crippen molar-refractivity contribution in [1.82, 2.24) is 0 Å². The third-order valence-electron chi connectivity index (χ3n) is 5.96. The van der Waals surface area contributed by atoms with Gasteiger partial charge in [0, 0.05) is 18.4 Å². The summed E-state index contributed by atoms with van der Waals surface area (Å²) in [6, 6.07) is 15.6. The Morgan fingerprint density at radius 2 is 1.83 bits per heavy atom. The lowest BCUT2D eigenvalue weighted by molar-refractivity contribution is 0.104. The zero-order valence-electron chi connectivity index (χ0n) is 18.6. The normalized spacial score (nSPS) is 18.8. The van der Waals surface area contributed by atoms with E-state index in [0.717, 1.165) is 10.9 Å². The Kier molecular flexibility index (Phi) is 5.54. The summed E-state index contributed by atoms with van der Waals surface area (Å²) < 4.78 is 65.5. The standard InChI is InChI=1S/C25H21NO7S2/c1-16-7-9-20-19(15-16)26(13-4-14-34(28,29)30)23(33-20)12-11-22-25(27)24-18-6-3-2-5-17(18)8-10-21(24)35(22,31)32/h2-3,5-12,15H,4,13-14H2,1H3,(H,28,29,30)/p-1/b22-11-,23-12-. The quantitative estimate of drug-likeness (QED) is 0.377. The maximum absolute atomic E-state index is 13.2. The molecule has 0 radical (unpaired) electrons. The van der Waals surface area contributed by atoms with Crippen LogP contribution in [0.25, 0.3) is 10.8 Å². The van der Waals surface area contributed by atoms with Gasteiger partial charge < -0.3 is 14.2 Å². The Bertz CT molecular complexity index is 1670. The van der Waals surface area contributed by atoms with Crippen molar-refractivity contribution in [3.8, 4) is 5.75 Å². The third-order valence-corrected chi connectivity index (χ3v) is 8.57. The second kappa shape index (κ2) is 8.33. The molecule has 180 valence electrons. The number of benzene rings is 3. The zero-order chi connectivity index (χ0) is 25.0. The van der Waals surface area contributed by atoms with Gasteiger partial charge >= 0.3 is 0 Å². The van der Waals surface area contributed by atoms with Gasteiger partial charge in [0.05, 0.1) is 26.3 Å². The Balaban J connectivity index is 1.54. The number of anilines is 1. The van der Waals surface area contributed by atoms with Gasteiger partial charge in [-0.3, -0.25) is 4.79 Å². The number of hydrogen-bond acceptors (Lipinski definition) is 8. The van der Waals surface area contributed by atoms with Crippen LogP contribution >= 0.6 is 0 Å². The smallest absolute Gasteiger partial charge is 0.211 e. The van der Waals surface area contributed by atoms with Crippen LogP contribution in [0.15, 0.2) is 82.4 Å². The van der Waals surface area contributed by atoms with E-state index >= 15 is 0 Å². The van der Waals surface area contributed by atoms with Gasteiger partial charge in [-0.2, -0.15) is 0 Å². The number of sulfone groups is 1. The first-order chi connectivity index (χ1) is 16.6. The molecule has 0 spiro atoms. The van der Waals surface area contributed by atoms with Crippen molar-refractivity contribution in [2.24, 2.45) is 0 Å². The predicted octanol–water partition coefficient (Wildman–Crippen LogP) is 3.68. The van der Waals surface area contributed by atoms with Gasteiger partial charge in [-0.25, -0.2) is 16.8 Å². The lowest BCUT2D eigenvalue weighted by atomic mass is 10.0. The first-order valence-corrected chi connectivity index (χ1v) is 13.9. The van der Waals surface area contributed by atoms with Crippen molar-refractivity contribution < 1.29 is 30.9 Å². The molecule has 2 heterocycles.